The maximum atomic E-state index is 6.28. The van der Waals surface area contributed by atoms with Crippen molar-refractivity contribution in [2.75, 3.05) is 13.2 Å². The van der Waals surface area contributed by atoms with Crippen LogP contribution in [0.25, 0.3) is 11.0 Å². The first-order valence-corrected chi connectivity index (χ1v) is 12.7. The molecule has 0 saturated heterocycles. The van der Waals surface area contributed by atoms with E-state index in [1.54, 1.807) is 12.1 Å². The second kappa shape index (κ2) is 11.9. The molecule has 0 unspecified atom stereocenters. The van der Waals surface area contributed by atoms with Crippen molar-refractivity contribution in [3.8, 4) is 11.5 Å². The van der Waals surface area contributed by atoms with Crippen LogP contribution in [0.5, 0.6) is 11.5 Å². The molecule has 1 aromatic heterocycles. The average molecular weight is 563 g/mol. The molecule has 4 aromatic rings. The number of hydrogen-bond donors (Lipinski definition) is 2. The number of para-hydroxylation sites is 2. The normalized spacial score (nSPS) is 11.2. The lowest BCUT2D eigenvalue weighted by atomic mass is 10.2. The van der Waals surface area contributed by atoms with Gasteiger partial charge in [0.25, 0.3) is 0 Å². The number of H-pyrrole nitrogens is 1. The molecule has 34 heavy (non-hydrogen) atoms. The zero-order valence-corrected chi connectivity index (χ0v) is 21.9. The second-order valence-electron chi connectivity index (χ2n) is 7.84. The summed E-state index contributed by atoms with van der Waals surface area (Å²) in [6.07, 6.45) is 1.89. The van der Waals surface area contributed by atoms with Gasteiger partial charge in [-0.2, -0.15) is 0 Å². The molecule has 178 valence electrons. The van der Waals surface area contributed by atoms with Gasteiger partial charge in [-0.15, -0.1) is 0 Å². The van der Waals surface area contributed by atoms with Gasteiger partial charge in [0, 0.05) is 28.6 Å². The van der Waals surface area contributed by atoms with Gasteiger partial charge in [-0.1, -0.05) is 41.4 Å². The second-order valence-corrected chi connectivity index (χ2v) is 9.54. The van der Waals surface area contributed by atoms with Crippen LogP contribution in [0.3, 0.4) is 0 Å². The van der Waals surface area contributed by atoms with Crippen molar-refractivity contribution in [3.05, 3.63) is 86.1 Å². The van der Waals surface area contributed by atoms with Crippen LogP contribution in [0.1, 0.15) is 30.3 Å². The maximum absolute atomic E-state index is 6.28. The molecular weight excluding hydrogens is 537 g/mol. The lowest BCUT2D eigenvalue weighted by Crippen LogP contribution is -2.15. The van der Waals surface area contributed by atoms with Crippen LogP contribution < -0.4 is 14.8 Å². The van der Waals surface area contributed by atoms with Gasteiger partial charge in [0.2, 0.25) is 0 Å². The van der Waals surface area contributed by atoms with Crippen LogP contribution in [0.2, 0.25) is 10.0 Å². The molecule has 0 spiro atoms. The molecule has 0 bridgehead atoms. The molecule has 2 N–H and O–H groups in total. The summed E-state index contributed by atoms with van der Waals surface area (Å²) in [5, 5.41) is 4.67. The van der Waals surface area contributed by atoms with Crippen LogP contribution in [-0.2, 0) is 19.6 Å². The predicted octanol–water partition coefficient (Wildman–Crippen LogP) is 7.33. The number of aromatic nitrogens is 2. The lowest BCUT2D eigenvalue weighted by Gasteiger charge is -2.16. The van der Waals surface area contributed by atoms with Gasteiger partial charge in [0.15, 0.2) is 11.5 Å². The van der Waals surface area contributed by atoms with Gasteiger partial charge in [-0.3, -0.25) is 0 Å². The van der Waals surface area contributed by atoms with Gasteiger partial charge in [-0.05, 0) is 77.8 Å². The Morgan fingerprint density at radius 3 is 2.71 bits per heavy atom. The summed E-state index contributed by atoms with van der Waals surface area (Å²) < 4.78 is 12.8. The van der Waals surface area contributed by atoms with Crippen LogP contribution in [-0.4, -0.2) is 23.1 Å². The topological polar surface area (TPSA) is 59.2 Å². The highest BCUT2D eigenvalue weighted by Crippen LogP contribution is 2.38. The molecule has 0 radical (unpaired) electrons. The van der Waals surface area contributed by atoms with Crippen LogP contribution >= 0.6 is 39.1 Å². The molecule has 0 amide bonds. The van der Waals surface area contributed by atoms with E-state index in [0.29, 0.717) is 34.8 Å². The first kappa shape index (κ1) is 24.9. The molecule has 8 heteroatoms. The number of imidazole rings is 1. The van der Waals surface area contributed by atoms with Gasteiger partial charge < -0.3 is 19.8 Å². The molecule has 5 nitrogen and oxygen atoms in total. The highest BCUT2D eigenvalue weighted by atomic mass is 79.9. The number of aromatic amines is 1. The molecule has 0 aliphatic rings. The van der Waals surface area contributed by atoms with Crippen molar-refractivity contribution in [1.82, 2.24) is 15.3 Å². The van der Waals surface area contributed by atoms with E-state index in [2.05, 4.69) is 37.3 Å². The minimum Gasteiger partial charge on any atom is -0.490 e. The monoisotopic (exact) mass is 561 g/mol. The third kappa shape index (κ3) is 6.45. The third-order valence-corrected chi connectivity index (χ3v) is 6.47. The maximum Gasteiger partial charge on any atom is 0.175 e. The van der Waals surface area contributed by atoms with Gasteiger partial charge in [0.1, 0.15) is 12.4 Å². The molecule has 0 aliphatic carbocycles. The highest BCUT2D eigenvalue weighted by molar-refractivity contribution is 9.10. The third-order valence-electron chi connectivity index (χ3n) is 5.29. The number of aryl methyl sites for hydroxylation is 1. The molecule has 0 fully saturated rings. The fourth-order valence-electron chi connectivity index (χ4n) is 3.65. The van der Waals surface area contributed by atoms with Gasteiger partial charge in [-0.25, -0.2) is 4.98 Å². The summed E-state index contributed by atoms with van der Waals surface area (Å²) in [4.78, 5) is 8.02. The van der Waals surface area contributed by atoms with Crippen molar-refractivity contribution >= 4 is 50.2 Å². The van der Waals surface area contributed by atoms with E-state index in [9.17, 15) is 0 Å². The summed E-state index contributed by atoms with van der Waals surface area (Å²) in [6, 6.07) is 17.5. The van der Waals surface area contributed by atoms with Crippen molar-refractivity contribution < 1.29 is 9.47 Å². The number of nitrogens with zero attached hydrogens (tertiary/aromatic N) is 1. The Labute approximate surface area is 217 Å². The Kier molecular flexibility index (Phi) is 8.73. The molecule has 3 aromatic carbocycles. The first-order valence-electron chi connectivity index (χ1n) is 11.2. The Hall–Kier alpha value is -2.25. The van der Waals surface area contributed by atoms with Crippen molar-refractivity contribution in [2.24, 2.45) is 0 Å². The van der Waals surface area contributed by atoms with Gasteiger partial charge in [0.05, 0.1) is 22.1 Å². The van der Waals surface area contributed by atoms with E-state index < -0.39 is 0 Å². The van der Waals surface area contributed by atoms with Crippen molar-refractivity contribution in [1.29, 1.82) is 0 Å². The first-order chi connectivity index (χ1) is 16.5. The van der Waals surface area contributed by atoms with Crippen molar-refractivity contribution in [3.63, 3.8) is 0 Å². The minimum atomic E-state index is 0.314. The number of rotatable bonds is 11. The predicted molar refractivity (Wildman–Crippen MR) is 142 cm³/mol. The standard InChI is InChI=1S/C26H26BrCl2N3O2/c1-2-33-24-13-17(12-20(27)26(24)34-16-18-9-10-19(28)14-21(18)29)15-30-11-5-8-25-31-22-6-3-4-7-23(22)32-25/h3-4,6-7,9-10,12-14,30H,2,5,8,11,15-16H2,1H3,(H,31,32). The fraction of sp³-hybridized carbons (Fsp3) is 0.269. The molecule has 0 aliphatic heterocycles. The van der Waals surface area contributed by atoms with E-state index >= 15 is 0 Å². The summed E-state index contributed by atoms with van der Waals surface area (Å²) >= 11 is 15.9. The van der Waals surface area contributed by atoms with E-state index in [0.717, 1.165) is 58.4 Å². The van der Waals surface area contributed by atoms with E-state index in [-0.39, 0.29) is 0 Å². The summed E-state index contributed by atoms with van der Waals surface area (Å²) in [5.41, 5.74) is 4.06. The summed E-state index contributed by atoms with van der Waals surface area (Å²) in [5.74, 6) is 2.37. The number of hydrogen-bond acceptors (Lipinski definition) is 4. The number of ether oxygens (including phenoxy) is 2. The summed E-state index contributed by atoms with van der Waals surface area (Å²) in [7, 11) is 0. The quantitative estimate of drug-likeness (QED) is 0.188. The largest absolute Gasteiger partial charge is 0.490 e. The Morgan fingerprint density at radius 1 is 1.06 bits per heavy atom. The number of nitrogens with one attached hydrogen (secondary N) is 2. The Bertz CT molecular complexity index is 1230. The Morgan fingerprint density at radius 2 is 1.91 bits per heavy atom. The van der Waals surface area contributed by atoms with Crippen LogP contribution in [0.4, 0.5) is 0 Å². The number of benzene rings is 3. The zero-order chi connectivity index (χ0) is 23.9. The van der Waals surface area contributed by atoms with Gasteiger partial charge >= 0.3 is 0 Å². The average Bonchev–Trinajstić information content (AvgIpc) is 3.22. The SMILES string of the molecule is CCOc1cc(CNCCCc2nc3ccccc3[nH]2)cc(Br)c1OCc1ccc(Cl)cc1Cl. The zero-order valence-electron chi connectivity index (χ0n) is 18.8. The fourth-order valence-corrected chi connectivity index (χ4v) is 4.72. The molecule has 4 rings (SSSR count). The molecule has 1 heterocycles. The lowest BCUT2D eigenvalue weighted by molar-refractivity contribution is 0.267. The Balaban J connectivity index is 1.32. The van der Waals surface area contributed by atoms with E-state index in [1.807, 2.05) is 43.3 Å². The van der Waals surface area contributed by atoms with E-state index in [4.69, 9.17) is 32.7 Å². The molecule has 0 atom stereocenters. The minimum absolute atomic E-state index is 0.314. The smallest absolute Gasteiger partial charge is 0.175 e. The molecular formula is C26H26BrCl2N3O2. The molecule has 0 saturated carbocycles. The number of fused-ring (bicyclic) bond motifs is 1. The van der Waals surface area contributed by atoms with Crippen molar-refractivity contribution in [2.45, 2.75) is 32.9 Å². The van der Waals surface area contributed by atoms with Crippen LogP contribution in [0.15, 0.2) is 59.1 Å². The van der Waals surface area contributed by atoms with Crippen LogP contribution in [0, 0.1) is 0 Å². The summed E-state index contributed by atoms with van der Waals surface area (Å²) in [6.45, 7) is 4.41. The number of halogens is 3. The van der Waals surface area contributed by atoms with E-state index in [1.165, 1.54) is 0 Å². The highest BCUT2D eigenvalue weighted by Gasteiger charge is 2.14.